The number of carbonyl (C=O) groups excluding carboxylic acids is 1. The molecular weight excluding hydrogens is 357 g/mol. The van der Waals surface area contributed by atoms with E-state index in [1.165, 1.54) is 0 Å². The highest BCUT2D eigenvalue weighted by Crippen LogP contribution is 2.23. The van der Waals surface area contributed by atoms with Gasteiger partial charge in [-0.15, -0.1) is 0 Å². The van der Waals surface area contributed by atoms with Crippen LogP contribution in [0.3, 0.4) is 0 Å². The zero-order valence-corrected chi connectivity index (χ0v) is 13.3. The zero-order valence-electron chi connectivity index (χ0n) is 11.2. The largest absolute Gasteiger partial charge is 0.493 e. The van der Waals surface area contributed by atoms with Crippen molar-refractivity contribution in [3.05, 3.63) is 27.3 Å². The zero-order chi connectivity index (χ0) is 13.8. The molecule has 0 spiro atoms. The smallest absolute Gasteiger partial charge is 0.254 e. The highest BCUT2D eigenvalue weighted by Gasteiger charge is 2.22. The van der Waals surface area contributed by atoms with E-state index in [1.807, 2.05) is 36.9 Å². The molecule has 0 radical (unpaired) electrons. The van der Waals surface area contributed by atoms with Crippen LogP contribution >= 0.6 is 22.6 Å². The van der Waals surface area contributed by atoms with Crippen LogP contribution in [-0.4, -0.2) is 43.2 Å². The maximum absolute atomic E-state index is 12.4. The Morgan fingerprint density at radius 2 is 2.37 bits per heavy atom. The molecule has 0 saturated carbocycles. The summed E-state index contributed by atoms with van der Waals surface area (Å²) in [6.07, 6.45) is 0.111. The summed E-state index contributed by atoms with van der Waals surface area (Å²) in [4.78, 5) is 14.2. The monoisotopic (exact) mass is 375 g/mol. The van der Waals surface area contributed by atoms with Gasteiger partial charge in [0.1, 0.15) is 5.75 Å². The van der Waals surface area contributed by atoms with Crippen LogP contribution in [0.5, 0.6) is 5.75 Å². The Morgan fingerprint density at radius 1 is 1.58 bits per heavy atom. The summed E-state index contributed by atoms with van der Waals surface area (Å²) >= 11 is 2.20. The lowest BCUT2D eigenvalue weighted by atomic mass is 10.1. The number of morpholine rings is 1. The van der Waals surface area contributed by atoms with Crippen molar-refractivity contribution in [1.82, 2.24) is 4.90 Å². The lowest BCUT2D eigenvalue weighted by Gasteiger charge is -2.31. The summed E-state index contributed by atoms with van der Waals surface area (Å²) in [5.74, 6) is 0.895. The van der Waals surface area contributed by atoms with E-state index in [0.717, 1.165) is 9.32 Å². The predicted octanol–water partition coefficient (Wildman–Crippen LogP) is 2.55. The van der Waals surface area contributed by atoms with E-state index in [2.05, 4.69) is 22.6 Å². The molecular formula is C14H18INO3. The molecule has 1 atom stereocenters. The molecule has 1 heterocycles. The van der Waals surface area contributed by atoms with Crippen LogP contribution < -0.4 is 4.74 Å². The lowest BCUT2D eigenvalue weighted by Crippen LogP contribution is -2.44. The van der Waals surface area contributed by atoms with Crippen molar-refractivity contribution in [2.45, 2.75) is 20.0 Å². The Labute approximate surface area is 127 Å². The Bertz CT molecular complexity index is 464. The molecule has 5 heteroatoms. The molecule has 1 amide bonds. The SMILES string of the molecule is CCOc1ccc(C(=O)N2CCO[C@H](C)C2)cc1I. The molecule has 1 aromatic carbocycles. The molecule has 2 rings (SSSR count). The van der Waals surface area contributed by atoms with E-state index in [-0.39, 0.29) is 12.0 Å². The molecule has 1 saturated heterocycles. The average molecular weight is 375 g/mol. The third-order valence-electron chi connectivity index (χ3n) is 3.01. The van der Waals surface area contributed by atoms with Crippen LogP contribution in [-0.2, 0) is 4.74 Å². The number of nitrogens with zero attached hydrogens (tertiary/aromatic N) is 1. The maximum atomic E-state index is 12.4. The van der Waals surface area contributed by atoms with E-state index in [0.29, 0.717) is 31.9 Å². The van der Waals surface area contributed by atoms with Gasteiger partial charge in [-0.2, -0.15) is 0 Å². The second-order valence-electron chi connectivity index (χ2n) is 4.51. The molecule has 1 fully saturated rings. The molecule has 1 aliphatic rings. The summed E-state index contributed by atoms with van der Waals surface area (Å²) in [6, 6.07) is 5.58. The Kier molecular flexibility index (Phi) is 5.04. The molecule has 1 aromatic rings. The van der Waals surface area contributed by atoms with Gasteiger partial charge in [0, 0.05) is 18.7 Å². The fourth-order valence-corrected chi connectivity index (χ4v) is 2.76. The molecule has 0 aliphatic carbocycles. The van der Waals surface area contributed by atoms with Gasteiger partial charge < -0.3 is 14.4 Å². The van der Waals surface area contributed by atoms with E-state index < -0.39 is 0 Å². The first-order valence-corrected chi connectivity index (χ1v) is 7.53. The van der Waals surface area contributed by atoms with E-state index in [4.69, 9.17) is 9.47 Å². The number of benzene rings is 1. The lowest BCUT2D eigenvalue weighted by molar-refractivity contribution is -0.0124. The Balaban J connectivity index is 2.12. The van der Waals surface area contributed by atoms with Crippen molar-refractivity contribution in [2.75, 3.05) is 26.3 Å². The van der Waals surface area contributed by atoms with Gasteiger partial charge in [-0.05, 0) is 54.6 Å². The fourth-order valence-electron chi connectivity index (χ4n) is 2.09. The van der Waals surface area contributed by atoms with Gasteiger partial charge in [0.05, 0.1) is 22.9 Å². The van der Waals surface area contributed by atoms with Crippen LogP contribution in [0.2, 0.25) is 0 Å². The topological polar surface area (TPSA) is 38.8 Å². The quantitative estimate of drug-likeness (QED) is 0.763. The summed E-state index contributed by atoms with van der Waals surface area (Å²) in [7, 11) is 0. The summed E-state index contributed by atoms with van der Waals surface area (Å²) in [6.45, 7) is 6.49. The van der Waals surface area contributed by atoms with Gasteiger partial charge >= 0.3 is 0 Å². The van der Waals surface area contributed by atoms with Gasteiger partial charge in [0.15, 0.2) is 0 Å². The van der Waals surface area contributed by atoms with Crippen molar-refractivity contribution in [3.8, 4) is 5.75 Å². The maximum Gasteiger partial charge on any atom is 0.254 e. The van der Waals surface area contributed by atoms with Gasteiger partial charge in [-0.1, -0.05) is 0 Å². The highest BCUT2D eigenvalue weighted by molar-refractivity contribution is 14.1. The van der Waals surface area contributed by atoms with Crippen molar-refractivity contribution < 1.29 is 14.3 Å². The average Bonchev–Trinajstić information content (AvgIpc) is 2.40. The Hall–Kier alpha value is -0.820. The summed E-state index contributed by atoms with van der Waals surface area (Å²) < 4.78 is 11.9. The minimum absolute atomic E-state index is 0.0658. The fraction of sp³-hybridized carbons (Fsp3) is 0.500. The number of carbonyl (C=O) groups is 1. The molecule has 0 bridgehead atoms. The van der Waals surface area contributed by atoms with Crippen molar-refractivity contribution in [1.29, 1.82) is 0 Å². The number of rotatable bonds is 3. The van der Waals surface area contributed by atoms with Gasteiger partial charge in [0.2, 0.25) is 0 Å². The molecule has 1 aliphatic heterocycles. The molecule has 104 valence electrons. The molecule has 0 aromatic heterocycles. The Morgan fingerprint density at radius 3 is 3.00 bits per heavy atom. The van der Waals surface area contributed by atoms with Crippen molar-refractivity contribution in [3.63, 3.8) is 0 Å². The van der Waals surface area contributed by atoms with E-state index in [1.54, 1.807) is 0 Å². The summed E-state index contributed by atoms with van der Waals surface area (Å²) in [5, 5.41) is 0. The standard InChI is InChI=1S/C14H18INO3/c1-3-18-13-5-4-11(8-12(13)15)14(17)16-6-7-19-10(2)9-16/h4-5,8,10H,3,6-7,9H2,1-2H3/t10-/m1/s1. The van der Waals surface area contributed by atoms with Crippen LogP contribution in [0.1, 0.15) is 24.2 Å². The highest BCUT2D eigenvalue weighted by atomic mass is 127. The van der Waals surface area contributed by atoms with Crippen LogP contribution in [0.25, 0.3) is 0 Å². The van der Waals surface area contributed by atoms with Crippen LogP contribution in [0.15, 0.2) is 18.2 Å². The molecule has 0 N–H and O–H groups in total. The molecule has 19 heavy (non-hydrogen) atoms. The first-order valence-electron chi connectivity index (χ1n) is 6.45. The minimum atomic E-state index is 0.0658. The number of hydrogen-bond acceptors (Lipinski definition) is 3. The third-order valence-corrected chi connectivity index (χ3v) is 3.85. The van der Waals surface area contributed by atoms with Crippen LogP contribution in [0, 0.1) is 3.57 Å². The normalized spacial score (nSPS) is 19.3. The minimum Gasteiger partial charge on any atom is -0.493 e. The molecule has 0 unspecified atom stereocenters. The third kappa shape index (κ3) is 3.60. The second-order valence-corrected chi connectivity index (χ2v) is 5.67. The van der Waals surface area contributed by atoms with Crippen molar-refractivity contribution in [2.24, 2.45) is 0 Å². The van der Waals surface area contributed by atoms with E-state index in [9.17, 15) is 4.79 Å². The number of amides is 1. The molecule has 4 nitrogen and oxygen atoms in total. The van der Waals surface area contributed by atoms with Gasteiger partial charge in [-0.3, -0.25) is 4.79 Å². The number of ether oxygens (including phenoxy) is 2. The van der Waals surface area contributed by atoms with Gasteiger partial charge in [-0.25, -0.2) is 0 Å². The summed E-state index contributed by atoms with van der Waals surface area (Å²) in [5.41, 5.74) is 0.710. The second kappa shape index (κ2) is 6.56. The van der Waals surface area contributed by atoms with E-state index >= 15 is 0 Å². The first kappa shape index (κ1) is 14.6. The number of hydrogen-bond donors (Lipinski definition) is 0. The first-order chi connectivity index (χ1) is 9.11. The van der Waals surface area contributed by atoms with Gasteiger partial charge in [0.25, 0.3) is 5.91 Å². The number of halogens is 1. The van der Waals surface area contributed by atoms with Crippen LogP contribution in [0.4, 0.5) is 0 Å². The van der Waals surface area contributed by atoms with Crippen molar-refractivity contribution >= 4 is 28.5 Å². The predicted molar refractivity (Wildman–Crippen MR) is 81.6 cm³/mol.